The molecule has 1 N–H and O–H groups in total. The van der Waals surface area contributed by atoms with Gasteiger partial charge in [-0.1, -0.05) is 25.5 Å². The maximum atomic E-state index is 13.4. The number of halogens is 1. The molecule has 156 valence electrons. The number of anilines is 1. The molecule has 0 radical (unpaired) electrons. The van der Waals surface area contributed by atoms with Crippen LogP contribution in [0.25, 0.3) is 16.9 Å². The Morgan fingerprint density at radius 2 is 1.87 bits per heavy atom. The fourth-order valence-corrected chi connectivity index (χ4v) is 2.99. The van der Waals surface area contributed by atoms with Gasteiger partial charge in [0.1, 0.15) is 5.82 Å². The van der Waals surface area contributed by atoms with Crippen LogP contribution in [0.2, 0.25) is 0 Å². The number of hydrogen-bond acceptors (Lipinski definition) is 4. The van der Waals surface area contributed by atoms with Crippen molar-refractivity contribution in [3.63, 3.8) is 0 Å². The van der Waals surface area contributed by atoms with Crippen molar-refractivity contribution in [1.29, 1.82) is 0 Å². The molecule has 1 aromatic heterocycles. The number of nitrogens with one attached hydrogen (secondary N) is 1. The molecule has 3 aromatic rings. The Balaban J connectivity index is 1.99. The first-order valence-electron chi connectivity index (χ1n) is 9.95. The number of amides is 1. The predicted molar refractivity (Wildman–Crippen MR) is 113 cm³/mol. The molecule has 0 aliphatic rings. The second kappa shape index (κ2) is 9.82. The molecule has 0 spiro atoms. The van der Waals surface area contributed by atoms with E-state index in [0.29, 0.717) is 23.5 Å². The van der Waals surface area contributed by atoms with Crippen molar-refractivity contribution in [2.75, 3.05) is 11.9 Å². The molecule has 2 aromatic carbocycles. The Bertz CT molecular complexity index is 1030. The lowest BCUT2D eigenvalue weighted by Gasteiger charge is -2.10. The first-order valence-corrected chi connectivity index (χ1v) is 9.95. The van der Waals surface area contributed by atoms with E-state index in [-0.39, 0.29) is 24.0 Å². The van der Waals surface area contributed by atoms with Gasteiger partial charge in [0.05, 0.1) is 18.0 Å². The fraction of sp³-hybridized carbons (Fsp3) is 0.261. The molecule has 6 nitrogen and oxygen atoms in total. The number of hydrogen-bond donors (Lipinski definition) is 1. The zero-order valence-electron chi connectivity index (χ0n) is 17.0. The molecule has 0 unspecified atom stereocenters. The molecular formula is C23H24FN3O3. The van der Waals surface area contributed by atoms with E-state index in [1.807, 2.05) is 25.1 Å². The summed E-state index contributed by atoms with van der Waals surface area (Å²) in [6, 6.07) is 14.7. The van der Waals surface area contributed by atoms with Crippen LogP contribution in [-0.2, 0) is 9.53 Å². The number of esters is 1. The summed E-state index contributed by atoms with van der Waals surface area (Å²) >= 11 is 0. The van der Waals surface area contributed by atoms with E-state index in [1.165, 1.54) is 12.1 Å². The Morgan fingerprint density at radius 1 is 1.10 bits per heavy atom. The van der Waals surface area contributed by atoms with Crippen molar-refractivity contribution in [3.05, 3.63) is 66.1 Å². The van der Waals surface area contributed by atoms with Crippen molar-refractivity contribution in [1.82, 2.24) is 9.78 Å². The second-order valence-corrected chi connectivity index (χ2v) is 6.76. The number of ether oxygens (including phenoxy) is 1. The van der Waals surface area contributed by atoms with Gasteiger partial charge in [0.15, 0.2) is 5.69 Å². The summed E-state index contributed by atoms with van der Waals surface area (Å²) in [5.74, 6) is -0.952. The monoisotopic (exact) mass is 409 g/mol. The third-order valence-electron chi connectivity index (χ3n) is 4.46. The van der Waals surface area contributed by atoms with Crippen LogP contribution in [0.4, 0.5) is 10.1 Å². The lowest BCUT2D eigenvalue weighted by atomic mass is 10.1. The smallest absolute Gasteiger partial charge is 0.358 e. The molecule has 7 heteroatoms. The highest BCUT2D eigenvalue weighted by Gasteiger charge is 2.18. The summed E-state index contributed by atoms with van der Waals surface area (Å²) < 4.78 is 20.0. The lowest BCUT2D eigenvalue weighted by molar-refractivity contribution is -0.116. The maximum Gasteiger partial charge on any atom is 0.358 e. The number of nitrogens with zero attached hydrogens (tertiary/aromatic N) is 2. The molecule has 0 aliphatic heterocycles. The molecule has 0 atom stereocenters. The molecule has 0 bridgehead atoms. The van der Waals surface area contributed by atoms with Crippen LogP contribution >= 0.6 is 0 Å². The van der Waals surface area contributed by atoms with E-state index in [2.05, 4.69) is 10.4 Å². The summed E-state index contributed by atoms with van der Waals surface area (Å²) in [6.45, 7) is 3.99. The van der Waals surface area contributed by atoms with Crippen LogP contribution in [-0.4, -0.2) is 28.3 Å². The van der Waals surface area contributed by atoms with Gasteiger partial charge in [-0.3, -0.25) is 4.79 Å². The minimum absolute atomic E-state index is 0.0479. The van der Waals surface area contributed by atoms with Crippen LogP contribution in [0, 0.1) is 5.82 Å². The molecule has 0 saturated heterocycles. The average Bonchev–Trinajstić information content (AvgIpc) is 3.19. The Kier molecular flexibility index (Phi) is 6.95. The van der Waals surface area contributed by atoms with Gasteiger partial charge in [-0.15, -0.1) is 0 Å². The molecule has 3 rings (SSSR count). The van der Waals surface area contributed by atoms with Gasteiger partial charge < -0.3 is 10.1 Å². The summed E-state index contributed by atoms with van der Waals surface area (Å²) in [6.07, 6.45) is 2.23. The van der Waals surface area contributed by atoms with Crippen molar-refractivity contribution < 1.29 is 18.7 Å². The first-order chi connectivity index (χ1) is 14.5. The molecular weight excluding hydrogens is 385 g/mol. The summed E-state index contributed by atoms with van der Waals surface area (Å²) in [7, 11) is 0. The van der Waals surface area contributed by atoms with Crippen molar-refractivity contribution in [2.24, 2.45) is 0 Å². The van der Waals surface area contributed by atoms with Crippen LogP contribution in [0.15, 0.2) is 54.6 Å². The molecule has 1 heterocycles. The number of benzene rings is 2. The topological polar surface area (TPSA) is 73.2 Å². The normalized spacial score (nSPS) is 10.6. The van der Waals surface area contributed by atoms with Crippen molar-refractivity contribution in [3.8, 4) is 16.9 Å². The molecule has 1 amide bonds. The minimum Gasteiger partial charge on any atom is -0.461 e. The molecule has 0 saturated carbocycles. The van der Waals surface area contributed by atoms with E-state index in [4.69, 9.17) is 4.74 Å². The summed E-state index contributed by atoms with van der Waals surface area (Å²) in [4.78, 5) is 24.3. The molecule has 30 heavy (non-hydrogen) atoms. The van der Waals surface area contributed by atoms with Crippen LogP contribution < -0.4 is 5.32 Å². The highest BCUT2D eigenvalue weighted by molar-refractivity contribution is 5.92. The van der Waals surface area contributed by atoms with Crippen molar-refractivity contribution >= 4 is 17.6 Å². The van der Waals surface area contributed by atoms with E-state index in [1.54, 1.807) is 35.9 Å². The molecule has 0 aliphatic carbocycles. The van der Waals surface area contributed by atoms with E-state index in [0.717, 1.165) is 18.4 Å². The highest BCUT2D eigenvalue weighted by Crippen LogP contribution is 2.27. The van der Waals surface area contributed by atoms with Crippen LogP contribution in [0.1, 0.15) is 43.6 Å². The number of rotatable bonds is 8. The third-order valence-corrected chi connectivity index (χ3v) is 4.46. The number of carbonyl (C=O) groups excluding carboxylic acids is 2. The molecule has 0 fully saturated rings. The number of carbonyl (C=O) groups is 2. The minimum atomic E-state index is -0.538. The largest absolute Gasteiger partial charge is 0.461 e. The second-order valence-electron chi connectivity index (χ2n) is 6.76. The Morgan fingerprint density at radius 3 is 2.57 bits per heavy atom. The number of aromatic nitrogens is 2. The van der Waals surface area contributed by atoms with Gasteiger partial charge in [0.25, 0.3) is 0 Å². The third kappa shape index (κ3) is 5.11. The first kappa shape index (κ1) is 21.2. The predicted octanol–water partition coefficient (Wildman–Crippen LogP) is 4.98. The van der Waals surface area contributed by atoms with E-state index in [9.17, 15) is 14.0 Å². The van der Waals surface area contributed by atoms with Gasteiger partial charge >= 0.3 is 5.97 Å². The summed E-state index contributed by atoms with van der Waals surface area (Å²) in [5, 5.41) is 7.26. The van der Waals surface area contributed by atoms with E-state index >= 15 is 0 Å². The zero-order valence-corrected chi connectivity index (χ0v) is 17.0. The average molecular weight is 409 g/mol. The quantitative estimate of drug-likeness (QED) is 0.532. The van der Waals surface area contributed by atoms with Crippen LogP contribution in [0.3, 0.4) is 0 Å². The van der Waals surface area contributed by atoms with Crippen molar-refractivity contribution in [2.45, 2.75) is 33.1 Å². The maximum absolute atomic E-state index is 13.4. The SMILES string of the molecule is CCCCC(=O)Nc1cccc(-c2cc(C(=O)OCC)nn2-c2ccc(F)cc2)c1. The van der Waals surface area contributed by atoms with Gasteiger partial charge in [-0.2, -0.15) is 5.10 Å². The Labute approximate surface area is 174 Å². The standard InChI is InChI=1S/C23H24FN3O3/c1-3-5-9-22(28)25-18-8-6-7-16(14-18)21-15-20(23(29)30-4-2)26-27(21)19-12-10-17(24)11-13-19/h6-8,10-15H,3-5,9H2,1-2H3,(H,25,28). The van der Waals surface area contributed by atoms with Gasteiger partial charge in [0, 0.05) is 17.7 Å². The van der Waals surface area contributed by atoms with Gasteiger partial charge in [-0.05, 0) is 55.8 Å². The zero-order chi connectivity index (χ0) is 21.5. The Hall–Kier alpha value is -3.48. The summed E-state index contributed by atoms with van der Waals surface area (Å²) in [5.41, 5.74) is 2.76. The van der Waals surface area contributed by atoms with Gasteiger partial charge in [0.2, 0.25) is 5.91 Å². The van der Waals surface area contributed by atoms with Crippen LogP contribution in [0.5, 0.6) is 0 Å². The lowest BCUT2D eigenvalue weighted by Crippen LogP contribution is -2.11. The van der Waals surface area contributed by atoms with Gasteiger partial charge in [-0.25, -0.2) is 13.9 Å². The van der Waals surface area contributed by atoms with E-state index < -0.39 is 5.97 Å². The number of unbranched alkanes of at least 4 members (excludes halogenated alkanes) is 1. The fourth-order valence-electron chi connectivity index (χ4n) is 2.99. The highest BCUT2D eigenvalue weighted by atomic mass is 19.1.